The molecule has 21 heavy (non-hydrogen) atoms. The van der Waals surface area contributed by atoms with Crippen molar-refractivity contribution in [2.75, 3.05) is 6.54 Å². The number of hydrogen-bond donors (Lipinski definition) is 1. The molecule has 1 amide bonds. The van der Waals surface area contributed by atoms with Gasteiger partial charge in [-0.2, -0.15) is 0 Å². The number of aromatic hydroxyl groups is 1. The van der Waals surface area contributed by atoms with Crippen molar-refractivity contribution in [1.29, 1.82) is 0 Å². The average Bonchev–Trinajstić information content (AvgIpc) is 2.92. The molecule has 0 saturated heterocycles. The van der Waals surface area contributed by atoms with Crippen LogP contribution < -0.4 is 0 Å². The molecule has 1 aliphatic rings. The number of hydrogen-bond acceptors (Lipinski definition) is 2. The van der Waals surface area contributed by atoms with Crippen LogP contribution in [0.3, 0.4) is 0 Å². The van der Waals surface area contributed by atoms with Gasteiger partial charge in [0.1, 0.15) is 5.75 Å². The fourth-order valence-electron chi connectivity index (χ4n) is 3.11. The fourth-order valence-corrected chi connectivity index (χ4v) is 3.11. The summed E-state index contributed by atoms with van der Waals surface area (Å²) >= 11 is 0. The first-order valence-corrected chi connectivity index (χ1v) is 8.09. The maximum Gasteiger partial charge on any atom is 0.254 e. The fraction of sp³-hybridized carbons (Fsp3) is 0.611. The van der Waals surface area contributed by atoms with E-state index in [2.05, 4.69) is 18.7 Å². The Balaban J connectivity index is 2.19. The van der Waals surface area contributed by atoms with Gasteiger partial charge in [-0.1, -0.05) is 26.7 Å². The third-order valence-corrected chi connectivity index (χ3v) is 4.41. The van der Waals surface area contributed by atoms with Gasteiger partial charge in [-0.15, -0.1) is 0 Å². The SMILES string of the molecule is Cc1cc(O)ccc1C(=O)N(CCC(C)C)C1CCCC1. The summed E-state index contributed by atoms with van der Waals surface area (Å²) in [6.07, 6.45) is 5.75. The van der Waals surface area contributed by atoms with Crippen molar-refractivity contribution >= 4 is 5.91 Å². The van der Waals surface area contributed by atoms with E-state index in [4.69, 9.17) is 0 Å². The highest BCUT2D eigenvalue weighted by Crippen LogP contribution is 2.27. The molecule has 1 fully saturated rings. The largest absolute Gasteiger partial charge is 0.508 e. The minimum Gasteiger partial charge on any atom is -0.508 e. The number of phenols is 1. The van der Waals surface area contributed by atoms with Gasteiger partial charge in [0.05, 0.1) is 0 Å². The van der Waals surface area contributed by atoms with E-state index in [1.54, 1.807) is 18.2 Å². The molecule has 0 unspecified atom stereocenters. The van der Waals surface area contributed by atoms with Crippen LogP contribution in [0.1, 0.15) is 61.9 Å². The van der Waals surface area contributed by atoms with Crippen LogP contribution in [0, 0.1) is 12.8 Å². The summed E-state index contributed by atoms with van der Waals surface area (Å²) in [6.45, 7) is 7.12. The number of benzene rings is 1. The molecular formula is C18H27NO2. The summed E-state index contributed by atoms with van der Waals surface area (Å²) in [7, 11) is 0. The summed E-state index contributed by atoms with van der Waals surface area (Å²) in [6, 6.07) is 5.42. The second-order valence-corrected chi connectivity index (χ2v) is 6.62. The molecule has 1 aromatic carbocycles. The first-order chi connectivity index (χ1) is 9.99. The van der Waals surface area contributed by atoms with Gasteiger partial charge in [-0.3, -0.25) is 4.79 Å². The topological polar surface area (TPSA) is 40.5 Å². The highest BCUT2D eigenvalue weighted by Gasteiger charge is 2.28. The Bertz CT molecular complexity index is 490. The monoisotopic (exact) mass is 289 g/mol. The standard InChI is InChI=1S/C18H27NO2/c1-13(2)10-11-19(15-6-4-5-7-15)18(21)17-9-8-16(20)12-14(17)3/h8-9,12-13,15,20H,4-7,10-11H2,1-3H3. The molecule has 0 aromatic heterocycles. The van der Waals surface area contributed by atoms with Gasteiger partial charge < -0.3 is 10.0 Å². The molecule has 2 rings (SSSR count). The second kappa shape index (κ2) is 6.97. The summed E-state index contributed by atoms with van der Waals surface area (Å²) in [5.41, 5.74) is 1.58. The van der Waals surface area contributed by atoms with Crippen LogP contribution in [0.15, 0.2) is 18.2 Å². The predicted molar refractivity (Wildman–Crippen MR) is 85.6 cm³/mol. The normalized spacial score (nSPS) is 15.6. The Labute approximate surface area is 128 Å². The van der Waals surface area contributed by atoms with E-state index < -0.39 is 0 Å². The van der Waals surface area contributed by atoms with Crippen LogP contribution >= 0.6 is 0 Å². The van der Waals surface area contributed by atoms with E-state index in [1.165, 1.54) is 12.8 Å². The van der Waals surface area contributed by atoms with E-state index >= 15 is 0 Å². The van der Waals surface area contributed by atoms with Crippen molar-refractivity contribution in [3.05, 3.63) is 29.3 Å². The highest BCUT2D eigenvalue weighted by atomic mass is 16.3. The van der Waals surface area contributed by atoms with E-state index in [-0.39, 0.29) is 11.7 Å². The van der Waals surface area contributed by atoms with E-state index in [0.717, 1.165) is 36.9 Å². The minimum absolute atomic E-state index is 0.125. The predicted octanol–water partition coefficient (Wildman–Crippen LogP) is 4.13. The number of aryl methyl sites for hydroxylation is 1. The summed E-state index contributed by atoms with van der Waals surface area (Å²) < 4.78 is 0. The van der Waals surface area contributed by atoms with Gasteiger partial charge in [-0.25, -0.2) is 0 Å². The van der Waals surface area contributed by atoms with Crippen LogP contribution in [-0.2, 0) is 0 Å². The van der Waals surface area contributed by atoms with Gasteiger partial charge in [0.15, 0.2) is 0 Å². The van der Waals surface area contributed by atoms with Crippen molar-refractivity contribution in [3.63, 3.8) is 0 Å². The van der Waals surface area contributed by atoms with Crippen molar-refractivity contribution in [1.82, 2.24) is 4.90 Å². The minimum atomic E-state index is 0.125. The molecule has 0 bridgehead atoms. The number of nitrogens with zero attached hydrogens (tertiary/aromatic N) is 1. The first kappa shape index (κ1) is 15.9. The van der Waals surface area contributed by atoms with Gasteiger partial charge in [0.2, 0.25) is 0 Å². The van der Waals surface area contributed by atoms with Gasteiger partial charge in [-0.05, 0) is 55.9 Å². The molecule has 1 N–H and O–H groups in total. The third kappa shape index (κ3) is 3.99. The Hall–Kier alpha value is -1.51. The molecule has 0 atom stereocenters. The van der Waals surface area contributed by atoms with Crippen LogP contribution in [0.5, 0.6) is 5.75 Å². The summed E-state index contributed by atoms with van der Waals surface area (Å²) in [4.78, 5) is 15.0. The number of amides is 1. The van der Waals surface area contributed by atoms with E-state index in [1.807, 2.05) is 6.92 Å². The molecule has 116 valence electrons. The van der Waals surface area contributed by atoms with E-state index in [0.29, 0.717) is 12.0 Å². The van der Waals surface area contributed by atoms with Crippen molar-refractivity contribution in [2.24, 2.45) is 5.92 Å². The number of carbonyl (C=O) groups excluding carboxylic acids is 1. The molecule has 0 radical (unpaired) electrons. The van der Waals surface area contributed by atoms with Crippen LogP contribution in [-0.4, -0.2) is 28.5 Å². The highest BCUT2D eigenvalue weighted by molar-refractivity contribution is 5.96. The summed E-state index contributed by atoms with van der Waals surface area (Å²) in [5.74, 6) is 0.946. The number of phenolic OH excluding ortho intramolecular Hbond substituents is 1. The Morgan fingerprint density at radius 3 is 2.57 bits per heavy atom. The lowest BCUT2D eigenvalue weighted by Gasteiger charge is -2.30. The Morgan fingerprint density at radius 2 is 2.00 bits per heavy atom. The molecule has 0 spiro atoms. The average molecular weight is 289 g/mol. The van der Waals surface area contributed by atoms with Gasteiger partial charge in [0, 0.05) is 18.2 Å². The lowest BCUT2D eigenvalue weighted by Crippen LogP contribution is -2.40. The first-order valence-electron chi connectivity index (χ1n) is 8.09. The molecular weight excluding hydrogens is 262 g/mol. The van der Waals surface area contributed by atoms with E-state index in [9.17, 15) is 9.90 Å². The third-order valence-electron chi connectivity index (χ3n) is 4.41. The number of carbonyl (C=O) groups is 1. The van der Waals surface area contributed by atoms with Crippen LogP contribution in [0.4, 0.5) is 0 Å². The number of rotatable bonds is 5. The molecule has 1 saturated carbocycles. The Kier molecular flexibility index (Phi) is 5.27. The van der Waals surface area contributed by atoms with Crippen molar-refractivity contribution in [3.8, 4) is 5.75 Å². The lowest BCUT2D eigenvalue weighted by atomic mass is 10.0. The Morgan fingerprint density at radius 1 is 1.33 bits per heavy atom. The molecule has 1 aromatic rings. The molecule has 1 aliphatic carbocycles. The van der Waals surface area contributed by atoms with Crippen LogP contribution in [0.25, 0.3) is 0 Å². The smallest absolute Gasteiger partial charge is 0.254 e. The van der Waals surface area contributed by atoms with Gasteiger partial charge >= 0.3 is 0 Å². The molecule has 3 heteroatoms. The quantitative estimate of drug-likeness (QED) is 0.885. The molecule has 0 heterocycles. The zero-order valence-corrected chi connectivity index (χ0v) is 13.4. The van der Waals surface area contributed by atoms with Crippen molar-refractivity contribution in [2.45, 2.75) is 58.9 Å². The van der Waals surface area contributed by atoms with Gasteiger partial charge in [0.25, 0.3) is 5.91 Å². The maximum atomic E-state index is 12.9. The zero-order chi connectivity index (χ0) is 15.4. The summed E-state index contributed by atoms with van der Waals surface area (Å²) in [5, 5.41) is 9.52. The lowest BCUT2D eigenvalue weighted by molar-refractivity contribution is 0.0671. The van der Waals surface area contributed by atoms with Crippen molar-refractivity contribution < 1.29 is 9.90 Å². The maximum absolute atomic E-state index is 12.9. The molecule has 3 nitrogen and oxygen atoms in total. The van der Waals surface area contributed by atoms with Crippen LogP contribution in [0.2, 0.25) is 0 Å². The zero-order valence-electron chi connectivity index (χ0n) is 13.4. The second-order valence-electron chi connectivity index (χ2n) is 6.62. The molecule has 0 aliphatic heterocycles.